The van der Waals surface area contributed by atoms with Gasteiger partial charge in [-0.05, 0) is 42.5 Å². The third-order valence-electron chi connectivity index (χ3n) is 5.18. The molecule has 0 amide bonds. The molecule has 9 nitrogen and oxygen atoms in total. The van der Waals surface area contributed by atoms with E-state index >= 15 is 0 Å². The third kappa shape index (κ3) is 3.59. The van der Waals surface area contributed by atoms with Gasteiger partial charge >= 0.3 is 0 Å². The summed E-state index contributed by atoms with van der Waals surface area (Å²) >= 11 is 0. The largest absolute Gasteiger partial charge is 0.454 e. The minimum atomic E-state index is 0.0629. The van der Waals surface area contributed by atoms with Crippen molar-refractivity contribution in [2.24, 2.45) is 0 Å². The van der Waals surface area contributed by atoms with Gasteiger partial charge in [0, 0.05) is 27.8 Å². The van der Waals surface area contributed by atoms with Gasteiger partial charge < -0.3 is 28.4 Å². The predicted molar refractivity (Wildman–Crippen MR) is 113 cm³/mol. The maximum absolute atomic E-state index is 11.4. The van der Waals surface area contributed by atoms with Crippen LogP contribution in [0.5, 0.6) is 34.5 Å². The van der Waals surface area contributed by atoms with Gasteiger partial charge in [0.2, 0.25) is 20.4 Å². The summed E-state index contributed by atoms with van der Waals surface area (Å²) in [7, 11) is 0. The molecule has 0 saturated heterocycles. The van der Waals surface area contributed by atoms with Gasteiger partial charge in [-0.15, -0.1) is 0 Å². The zero-order chi connectivity index (χ0) is 22.8. The highest BCUT2D eigenvalue weighted by Gasteiger charge is 2.29. The fourth-order valence-electron chi connectivity index (χ4n) is 3.67. The molecule has 3 aliphatic rings. The predicted octanol–water partition coefficient (Wildman–Crippen LogP) is 3.66. The van der Waals surface area contributed by atoms with Crippen molar-refractivity contribution in [1.29, 1.82) is 0 Å². The highest BCUT2D eigenvalue weighted by atomic mass is 16.7. The van der Waals surface area contributed by atoms with E-state index in [4.69, 9.17) is 28.4 Å². The molecule has 0 saturated carbocycles. The molecule has 3 aromatic carbocycles. The Morgan fingerprint density at radius 3 is 1.55 bits per heavy atom. The molecule has 9 heteroatoms. The summed E-state index contributed by atoms with van der Waals surface area (Å²) in [6.07, 6.45) is 2.20. The lowest BCUT2D eigenvalue weighted by Gasteiger charge is -2.13. The average molecular weight is 448 g/mol. The van der Waals surface area contributed by atoms with E-state index in [2.05, 4.69) is 0 Å². The first-order valence-corrected chi connectivity index (χ1v) is 9.84. The lowest BCUT2D eigenvalue weighted by Crippen LogP contribution is -1.98. The molecule has 0 aliphatic carbocycles. The van der Waals surface area contributed by atoms with Crippen molar-refractivity contribution in [2.75, 3.05) is 20.4 Å². The topological polar surface area (TPSA) is 107 Å². The van der Waals surface area contributed by atoms with E-state index in [1.54, 1.807) is 42.5 Å². The van der Waals surface area contributed by atoms with Crippen molar-refractivity contribution in [3.05, 3.63) is 59.2 Å². The van der Waals surface area contributed by atoms with E-state index in [0.29, 0.717) is 74.9 Å². The minimum absolute atomic E-state index is 0.0629. The maximum atomic E-state index is 11.4. The van der Waals surface area contributed by atoms with Gasteiger partial charge in [0.15, 0.2) is 47.1 Å². The second-order valence-electron chi connectivity index (χ2n) is 6.99. The fourth-order valence-corrected chi connectivity index (χ4v) is 3.67. The van der Waals surface area contributed by atoms with Gasteiger partial charge in [-0.2, -0.15) is 0 Å². The highest BCUT2D eigenvalue weighted by Crippen LogP contribution is 2.50. The quantitative estimate of drug-likeness (QED) is 0.553. The Kier molecular flexibility index (Phi) is 5.27. The molecule has 0 N–H and O–H groups in total. The first kappa shape index (κ1) is 20.4. The van der Waals surface area contributed by atoms with Gasteiger partial charge in [-0.3, -0.25) is 14.4 Å². The average Bonchev–Trinajstić information content (AvgIpc) is 3.62. The van der Waals surface area contributed by atoms with Crippen LogP contribution in [0.4, 0.5) is 0 Å². The van der Waals surface area contributed by atoms with Crippen LogP contribution in [0.25, 0.3) is 11.1 Å². The number of benzene rings is 3. The van der Waals surface area contributed by atoms with Crippen LogP contribution < -0.4 is 28.4 Å². The van der Waals surface area contributed by atoms with Crippen LogP contribution in [0.2, 0.25) is 0 Å². The number of ether oxygens (including phenoxy) is 6. The Bertz CT molecular complexity index is 1200. The molecule has 0 radical (unpaired) electrons. The molecule has 6 rings (SSSR count). The van der Waals surface area contributed by atoms with Gasteiger partial charge in [-0.25, -0.2) is 0 Å². The highest BCUT2D eigenvalue weighted by molar-refractivity contribution is 6.01. The molecule has 33 heavy (non-hydrogen) atoms. The minimum Gasteiger partial charge on any atom is -0.454 e. The van der Waals surface area contributed by atoms with Gasteiger partial charge in [-0.1, -0.05) is 0 Å². The SMILES string of the molecule is O=Cc1ccc2c(c1)OCO2.O=Cc1ccc2c(c1-c1c(C=O)ccc3c1OCO3)OCO2. The van der Waals surface area contributed by atoms with E-state index in [1.807, 2.05) is 0 Å². The number of fused-ring (bicyclic) bond motifs is 3. The third-order valence-corrected chi connectivity index (χ3v) is 5.18. The summed E-state index contributed by atoms with van der Waals surface area (Å²) in [5.74, 6) is 3.25. The van der Waals surface area contributed by atoms with Crippen molar-refractivity contribution >= 4 is 18.9 Å². The summed E-state index contributed by atoms with van der Waals surface area (Å²) in [5.41, 5.74) is 2.34. The van der Waals surface area contributed by atoms with E-state index in [1.165, 1.54) is 0 Å². The van der Waals surface area contributed by atoms with Crippen molar-refractivity contribution in [3.8, 4) is 45.6 Å². The number of aldehydes is 3. The standard InChI is InChI=1S/C16H10O6.C8H6O3/c17-5-9-1-3-11-15(21-7-19-11)13(9)14-10(6-18)2-4-12-16(14)22-8-20-12;9-4-6-1-2-7-8(3-6)11-5-10-7/h1-6H,7-8H2;1-4H,5H2. The Hall–Kier alpha value is -4.53. The normalized spacial score (nSPS) is 13.7. The number of hydrogen-bond donors (Lipinski definition) is 0. The van der Waals surface area contributed by atoms with Crippen molar-refractivity contribution in [1.82, 2.24) is 0 Å². The zero-order valence-corrected chi connectivity index (χ0v) is 17.1. The smallest absolute Gasteiger partial charge is 0.231 e. The van der Waals surface area contributed by atoms with Gasteiger partial charge in [0.25, 0.3) is 0 Å². The molecular weight excluding hydrogens is 432 g/mol. The summed E-state index contributed by atoms with van der Waals surface area (Å²) in [5, 5.41) is 0. The Morgan fingerprint density at radius 2 is 1.00 bits per heavy atom. The van der Waals surface area contributed by atoms with Crippen LogP contribution in [-0.2, 0) is 0 Å². The molecule has 0 fully saturated rings. The molecule has 0 aromatic heterocycles. The number of rotatable bonds is 4. The molecule has 166 valence electrons. The molecule has 0 spiro atoms. The molecule has 0 atom stereocenters. The molecule has 0 unspecified atom stereocenters. The van der Waals surface area contributed by atoms with Gasteiger partial charge in [0.05, 0.1) is 0 Å². The Morgan fingerprint density at radius 1 is 0.515 bits per heavy atom. The van der Waals surface area contributed by atoms with Crippen LogP contribution in [0.15, 0.2) is 42.5 Å². The molecule has 3 aromatic rings. The van der Waals surface area contributed by atoms with Crippen LogP contribution in [0.3, 0.4) is 0 Å². The van der Waals surface area contributed by atoms with Crippen molar-refractivity contribution in [2.45, 2.75) is 0 Å². The monoisotopic (exact) mass is 448 g/mol. The molecule has 3 heterocycles. The summed E-state index contributed by atoms with van der Waals surface area (Å²) in [6.45, 7) is 0.374. The summed E-state index contributed by atoms with van der Waals surface area (Å²) < 4.78 is 31.8. The van der Waals surface area contributed by atoms with E-state index in [-0.39, 0.29) is 20.4 Å². The first-order chi connectivity index (χ1) is 16.2. The van der Waals surface area contributed by atoms with Gasteiger partial charge in [0.1, 0.15) is 6.29 Å². The lowest BCUT2D eigenvalue weighted by atomic mass is 9.93. The first-order valence-electron chi connectivity index (χ1n) is 9.84. The Balaban J connectivity index is 0.000000174. The molecule has 0 bridgehead atoms. The summed E-state index contributed by atoms with van der Waals surface area (Å²) in [6, 6.07) is 11.7. The van der Waals surface area contributed by atoms with Crippen molar-refractivity contribution < 1.29 is 42.8 Å². The second-order valence-corrected chi connectivity index (χ2v) is 6.99. The summed E-state index contributed by atoms with van der Waals surface area (Å²) in [4.78, 5) is 33.2. The molecule has 3 aliphatic heterocycles. The van der Waals surface area contributed by atoms with Crippen LogP contribution in [0.1, 0.15) is 31.1 Å². The van der Waals surface area contributed by atoms with Crippen molar-refractivity contribution in [3.63, 3.8) is 0 Å². The number of carbonyl (C=O) groups excluding carboxylic acids is 3. The molecular formula is C24H16O9. The second kappa shape index (κ2) is 8.54. The van der Waals surface area contributed by atoms with E-state index in [0.717, 1.165) is 6.29 Å². The Labute approximate surface area is 187 Å². The van der Waals surface area contributed by atoms with Crippen LogP contribution in [-0.4, -0.2) is 39.2 Å². The van der Waals surface area contributed by atoms with Crippen LogP contribution >= 0.6 is 0 Å². The fraction of sp³-hybridized carbons (Fsp3) is 0.125. The van der Waals surface area contributed by atoms with E-state index in [9.17, 15) is 14.4 Å². The number of hydrogen-bond acceptors (Lipinski definition) is 9. The maximum Gasteiger partial charge on any atom is 0.231 e. The zero-order valence-electron chi connectivity index (χ0n) is 17.1. The lowest BCUT2D eigenvalue weighted by molar-refractivity contribution is 0.111. The van der Waals surface area contributed by atoms with E-state index < -0.39 is 0 Å². The number of carbonyl (C=O) groups is 3. The van der Waals surface area contributed by atoms with Crippen LogP contribution in [0, 0.1) is 0 Å².